The van der Waals surface area contributed by atoms with Crippen LogP contribution in [0.4, 0.5) is 15.8 Å². The summed E-state index contributed by atoms with van der Waals surface area (Å²) in [6, 6.07) is 4.88. The number of thiophene rings is 1. The highest BCUT2D eigenvalue weighted by Crippen LogP contribution is 2.29. The van der Waals surface area contributed by atoms with Gasteiger partial charge in [0.25, 0.3) is 10.0 Å². The molecule has 1 heterocycles. The number of anilines is 2. The Morgan fingerprint density at radius 1 is 1.37 bits per heavy atom. The SMILES string of the molecule is COc1cc(F)ccc1NS(=O)(=O)c1cc(N)cs1. The second-order valence-electron chi connectivity index (χ2n) is 3.65. The van der Waals surface area contributed by atoms with Gasteiger partial charge in [-0.15, -0.1) is 11.3 Å². The Bertz CT molecular complexity index is 698. The van der Waals surface area contributed by atoms with E-state index in [9.17, 15) is 12.8 Å². The number of hydrogen-bond donors (Lipinski definition) is 2. The molecule has 0 aliphatic carbocycles. The number of sulfonamides is 1. The van der Waals surface area contributed by atoms with Gasteiger partial charge in [-0.1, -0.05) is 0 Å². The Labute approximate surface area is 113 Å². The minimum absolute atomic E-state index is 0.0800. The lowest BCUT2D eigenvalue weighted by molar-refractivity contribution is 0.413. The first-order valence-corrected chi connectivity index (χ1v) is 7.49. The minimum atomic E-state index is -3.75. The van der Waals surface area contributed by atoms with Gasteiger partial charge in [0.15, 0.2) is 0 Å². The molecule has 3 N–H and O–H groups in total. The molecule has 0 radical (unpaired) electrons. The summed E-state index contributed by atoms with van der Waals surface area (Å²) in [4.78, 5) is 0. The molecule has 102 valence electrons. The molecule has 0 saturated carbocycles. The number of ether oxygens (including phenoxy) is 1. The van der Waals surface area contributed by atoms with Gasteiger partial charge in [-0.2, -0.15) is 0 Å². The van der Waals surface area contributed by atoms with Crippen molar-refractivity contribution in [3.63, 3.8) is 0 Å². The molecular weight excluding hydrogens is 291 g/mol. The normalized spacial score (nSPS) is 11.3. The quantitative estimate of drug-likeness (QED) is 0.908. The summed E-state index contributed by atoms with van der Waals surface area (Å²) in [6.07, 6.45) is 0. The number of hydrogen-bond acceptors (Lipinski definition) is 5. The van der Waals surface area contributed by atoms with E-state index in [1.165, 1.54) is 24.6 Å². The maximum Gasteiger partial charge on any atom is 0.271 e. The van der Waals surface area contributed by atoms with Crippen LogP contribution in [0.25, 0.3) is 0 Å². The Morgan fingerprint density at radius 2 is 2.11 bits per heavy atom. The zero-order valence-electron chi connectivity index (χ0n) is 9.88. The molecule has 19 heavy (non-hydrogen) atoms. The smallest absolute Gasteiger partial charge is 0.271 e. The van der Waals surface area contributed by atoms with Crippen LogP contribution in [0, 0.1) is 5.82 Å². The Kier molecular flexibility index (Phi) is 3.63. The van der Waals surface area contributed by atoms with Crippen molar-refractivity contribution in [2.45, 2.75) is 4.21 Å². The summed E-state index contributed by atoms with van der Waals surface area (Å²) in [5, 5.41) is 1.52. The molecule has 1 aromatic carbocycles. The number of nitrogens with one attached hydrogen (secondary N) is 1. The first-order valence-electron chi connectivity index (χ1n) is 5.13. The summed E-state index contributed by atoms with van der Waals surface area (Å²) in [5.74, 6) is -0.409. The van der Waals surface area contributed by atoms with E-state index in [-0.39, 0.29) is 15.6 Å². The van der Waals surface area contributed by atoms with Crippen LogP contribution in [0.3, 0.4) is 0 Å². The molecule has 2 aromatic rings. The number of rotatable bonds is 4. The molecule has 0 saturated heterocycles. The zero-order valence-corrected chi connectivity index (χ0v) is 11.5. The van der Waals surface area contributed by atoms with Crippen molar-refractivity contribution in [3.05, 3.63) is 35.5 Å². The van der Waals surface area contributed by atoms with E-state index in [0.717, 1.165) is 23.5 Å². The molecule has 0 unspecified atom stereocenters. The van der Waals surface area contributed by atoms with E-state index in [2.05, 4.69) is 4.72 Å². The van der Waals surface area contributed by atoms with Gasteiger partial charge in [0.1, 0.15) is 15.8 Å². The van der Waals surface area contributed by atoms with Crippen molar-refractivity contribution in [1.82, 2.24) is 0 Å². The Hall–Kier alpha value is -1.80. The lowest BCUT2D eigenvalue weighted by atomic mass is 10.3. The molecular formula is C11H11FN2O3S2. The molecule has 0 atom stereocenters. The van der Waals surface area contributed by atoms with Gasteiger partial charge in [-0.3, -0.25) is 4.72 Å². The first-order chi connectivity index (χ1) is 8.92. The number of halogens is 1. The predicted octanol–water partition coefficient (Wildman–Crippen LogP) is 2.28. The number of nitrogens with two attached hydrogens (primary N) is 1. The highest BCUT2D eigenvalue weighted by Gasteiger charge is 2.18. The molecule has 0 aliphatic rings. The molecule has 2 rings (SSSR count). The number of methoxy groups -OCH3 is 1. The van der Waals surface area contributed by atoms with E-state index in [4.69, 9.17) is 10.5 Å². The van der Waals surface area contributed by atoms with Crippen molar-refractivity contribution in [1.29, 1.82) is 0 Å². The fourth-order valence-corrected chi connectivity index (χ4v) is 3.57. The van der Waals surface area contributed by atoms with E-state index in [1.54, 1.807) is 0 Å². The van der Waals surface area contributed by atoms with Crippen molar-refractivity contribution < 1.29 is 17.5 Å². The van der Waals surface area contributed by atoms with Gasteiger partial charge < -0.3 is 10.5 Å². The maximum absolute atomic E-state index is 13.0. The standard InChI is InChI=1S/C11H11FN2O3S2/c1-17-10-4-7(12)2-3-9(10)14-19(15,16)11-5-8(13)6-18-11/h2-6,14H,13H2,1H3. The van der Waals surface area contributed by atoms with Crippen LogP contribution in [0.5, 0.6) is 5.75 Å². The largest absolute Gasteiger partial charge is 0.494 e. The Balaban J connectivity index is 2.35. The summed E-state index contributed by atoms with van der Waals surface area (Å²) in [6.45, 7) is 0. The van der Waals surface area contributed by atoms with Crippen molar-refractivity contribution in [2.24, 2.45) is 0 Å². The van der Waals surface area contributed by atoms with Crippen LogP contribution >= 0.6 is 11.3 Å². The first kappa shape index (κ1) is 13.6. The predicted molar refractivity (Wildman–Crippen MR) is 72.5 cm³/mol. The maximum atomic E-state index is 13.0. The molecule has 0 amide bonds. The topological polar surface area (TPSA) is 81.4 Å². The Morgan fingerprint density at radius 3 is 2.68 bits per heavy atom. The molecule has 0 fully saturated rings. The third-order valence-electron chi connectivity index (χ3n) is 2.27. The molecule has 1 aromatic heterocycles. The van der Waals surface area contributed by atoms with Gasteiger partial charge >= 0.3 is 0 Å². The van der Waals surface area contributed by atoms with Gasteiger partial charge in [0.05, 0.1) is 12.8 Å². The minimum Gasteiger partial charge on any atom is -0.494 e. The van der Waals surface area contributed by atoms with Crippen LogP contribution in [0.2, 0.25) is 0 Å². The highest BCUT2D eigenvalue weighted by atomic mass is 32.2. The average Bonchev–Trinajstić information content (AvgIpc) is 2.79. The van der Waals surface area contributed by atoms with E-state index >= 15 is 0 Å². The van der Waals surface area contributed by atoms with Crippen LogP contribution < -0.4 is 15.2 Å². The zero-order chi connectivity index (χ0) is 14.0. The third kappa shape index (κ3) is 2.96. The van der Waals surface area contributed by atoms with E-state index in [0.29, 0.717) is 5.69 Å². The molecule has 5 nitrogen and oxygen atoms in total. The fourth-order valence-electron chi connectivity index (χ4n) is 1.42. The monoisotopic (exact) mass is 302 g/mol. The molecule has 0 spiro atoms. The van der Waals surface area contributed by atoms with Crippen LogP contribution in [-0.4, -0.2) is 15.5 Å². The summed E-state index contributed by atoms with van der Waals surface area (Å²) < 4.78 is 44.5. The summed E-state index contributed by atoms with van der Waals surface area (Å²) in [7, 11) is -2.42. The highest BCUT2D eigenvalue weighted by molar-refractivity contribution is 7.94. The van der Waals surface area contributed by atoms with Crippen molar-refractivity contribution >= 4 is 32.7 Å². The van der Waals surface area contributed by atoms with Gasteiger partial charge in [-0.05, 0) is 18.2 Å². The molecule has 8 heteroatoms. The summed E-state index contributed by atoms with van der Waals surface area (Å²) in [5.41, 5.74) is 6.02. The van der Waals surface area contributed by atoms with Crippen molar-refractivity contribution in [3.8, 4) is 5.75 Å². The summed E-state index contributed by atoms with van der Waals surface area (Å²) >= 11 is 1.00. The fraction of sp³-hybridized carbons (Fsp3) is 0.0909. The van der Waals surface area contributed by atoms with Gasteiger partial charge in [-0.25, -0.2) is 12.8 Å². The average molecular weight is 302 g/mol. The van der Waals surface area contributed by atoms with E-state index < -0.39 is 15.8 Å². The van der Waals surface area contributed by atoms with Crippen LogP contribution in [-0.2, 0) is 10.0 Å². The lowest BCUT2D eigenvalue weighted by Crippen LogP contribution is -2.12. The van der Waals surface area contributed by atoms with Crippen molar-refractivity contribution in [2.75, 3.05) is 17.6 Å². The number of nitrogen functional groups attached to an aromatic ring is 1. The molecule has 0 aliphatic heterocycles. The van der Waals surface area contributed by atoms with Crippen LogP contribution in [0.1, 0.15) is 0 Å². The second-order valence-corrected chi connectivity index (χ2v) is 6.47. The number of benzene rings is 1. The lowest BCUT2D eigenvalue weighted by Gasteiger charge is -2.10. The molecule has 0 bridgehead atoms. The van der Waals surface area contributed by atoms with Crippen LogP contribution in [0.15, 0.2) is 33.9 Å². The van der Waals surface area contributed by atoms with Gasteiger partial charge in [0, 0.05) is 17.1 Å². The van der Waals surface area contributed by atoms with E-state index in [1.807, 2.05) is 0 Å². The third-order valence-corrected chi connectivity index (χ3v) is 5.09. The second kappa shape index (κ2) is 5.06. The van der Waals surface area contributed by atoms with Gasteiger partial charge in [0.2, 0.25) is 0 Å².